The van der Waals surface area contributed by atoms with E-state index in [0.717, 1.165) is 28.9 Å². The quantitative estimate of drug-likeness (QED) is 0.273. The lowest BCUT2D eigenvalue weighted by Crippen LogP contribution is -2.01. The van der Waals surface area contributed by atoms with Gasteiger partial charge in [-0.05, 0) is 58.0 Å². The Balaban J connectivity index is 1.55. The highest BCUT2D eigenvalue weighted by Gasteiger charge is 2.24. The standard InChI is InChI=1S/C30H20N2S/c1-2-8-19(9-3-1)25-17-22(16-21-11-5-6-12-23(21)25)29-28-27-24-13-7-4-10-20(24)14-15-26(27)33-30(28)32-18-31-29/h1-13,16-18H,14-15H2. The van der Waals surface area contributed by atoms with Gasteiger partial charge in [-0.1, -0.05) is 78.9 Å². The Bertz CT molecular complexity index is 1660. The maximum Gasteiger partial charge on any atom is 0.128 e. The first kappa shape index (κ1) is 18.7. The van der Waals surface area contributed by atoms with Crippen molar-refractivity contribution in [2.24, 2.45) is 0 Å². The highest BCUT2D eigenvalue weighted by Crippen LogP contribution is 2.46. The molecule has 0 N–H and O–H groups in total. The van der Waals surface area contributed by atoms with Crippen molar-refractivity contribution in [1.82, 2.24) is 9.97 Å². The molecule has 6 aromatic rings. The molecule has 2 aromatic heterocycles. The van der Waals surface area contributed by atoms with Gasteiger partial charge in [0.15, 0.2) is 0 Å². The normalized spacial score (nSPS) is 12.6. The number of aromatic nitrogens is 2. The van der Waals surface area contributed by atoms with Crippen molar-refractivity contribution in [2.45, 2.75) is 12.8 Å². The smallest absolute Gasteiger partial charge is 0.128 e. The Hall–Kier alpha value is -3.82. The molecule has 2 nitrogen and oxygen atoms in total. The third kappa shape index (κ3) is 2.93. The summed E-state index contributed by atoms with van der Waals surface area (Å²) in [4.78, 5) is 12.1. The van der Waals surface area contributed by atoms with Crippen LogP contribution in [-0.4, -0.2) is 9.97 Å². The molecule has 4 aromatic carbocycles. The van der Waals surface area contributed by atoms with Crippen LogP contribution in [0.1, 0.15) is 10.4 Å². The molecule has 33 heavy (non-hydrogen) atoms. The van der Waals surface area contributed by atoms with Gasteiger partial charge in [-0.3, -0.25) is 0 Å². The first-order chi connectivity index (χ1) is 16.4. The lowest BCUT2D eigenvalue weighted by molar-refractivity contribution is 0.965. The highest BCUT2D eigenvalue weighted by molar-refractivity contribution is 7.19. The van der Waals surface area contributed by atoms with Crippen LogP contribution in [0.2, 0.25) is 0 Å². The van der Waals surface area contributed by atoms with Crippen molar-refractivity contribution < 1.29 is 0 Å². The molecule has 0 aliphatic heterocycles. The number of nitrogens with zero attached hydrogens (tertiary/aromatic N) is 2. The Labute approximate surface area is 196 Å². The number of fused-ring (bicyclic) bond motifs is 6. The molecule has 0 spiro atoms. The molecule has 156 valence electrons. The molecular formula is C30H20N2S. The average molecular weight is 441 g/mol. The third-order valence-electron chi connectivity index (χ3n) is 6.69. The summed E-state index contributed by atoms with van der Waals surface area (Å²) in [5, 5.41) is 3.68. The summed E-state index contributed by atoms with van der Waals surface area (Å²) in [6.45, 7) is 0. The Kier molecular flexibility index (Phi) is 4.18. The number of benzene rings is 4. The topological polar surface area (TPSA) is 25.8 Å². The van der Waals surface area contributed by atoms with Gasteiger partial charge < -0.3 is 0 Å². The monoisotopic (exact) mass is 440 g/mol. The van der Waals surface area contributed by atoms with E-state index in [1.165, 1.54) is 48.9 Å². The van der Waals surface area contributed by atoms with E-state index in [9.17, 15) is 0 Å². The van der Waals surface area contributed by atoms with Crippen molar-refractivity contribution in [3.8, 4) is 33.5 Å². The van der Waals surface area contributed by atoms with Gasteiger partial charge in [0.1, 0.15) is 11.2 Å². The molecule has 0 atom stereocenters. The number of hydrogen-bond acceptors (Lipinski definition) is 3. The molecule has 1 aliphatic rings. The second-order valence-electron chi connectivity index (χ2n) is 8.57. The Morgan fingerprint density at radius 2 is 1.48 bits per heavy atom. The molecule has 0 saturated heterocycles. The SMILES string of the molecule is c1ccc(-c2cc(-c3ncnc4sc5c(c34)-c3ccccc3CC5)cc3ccccc23)cc1. The largest absolute Gasteiger partial charge is 0.236 e. The minimum absolute atomic E-state index is 1.03. The Morgan fingerprint density at radius 1 is 0.667 bits per heavy atom. The van der Waals surface area contributed by atoms with Gasteiger partial charge in [0.25, 0.3) is 0 Å². The summed E-state index contributed by atoms with van der Waals surface area (Å²) in [5.74, 6) is 0. The van der Waals surface area contributed by atoms with Gasteiger partial charge in [-0.25, -0.2) is 9.97 Å². The number of hydrogen-bond donors (Lipinski definition) is 0. The van der Waals surface area contributed by atoms with Crippen LogP contribution in [0.25, 0.3) is 54.5 Å². The molecule has 0 unspecified atom stereocenters. The van der Waals surface area contributed by atoms with Gasteiger partial charge in [0, 0.05) is 21.4 Å². The van der Waals surface area contributed by atoms with E-state index in [1.807, 2.05) is 11.3 Å². The first-order valence-corrected chi connectivity index (χ1v) is 12.1. The molecule has 0 fully saturated rings. The van der Waals surface area contributed by atoms with Crippen molar-refractivity contribution in [3.63, 3.8) is 0 Å². The maximum absolute atomic E-state index is 4.87. The molecule has 7 rings (SSSR count). The minimum Gasteiger partial charge on any atom is -0.236 e. The Morgan fingerprint density at radius 3 is 2.42 bits per heavy atom. The average Bonchev–Trinajstić information content (AvgIpc) is 3.28. The lowest BCUT2D eigenvalue weighted by atomic mass is 9.87. The summed E-state index contributed by atoms with van der Waals surface area (Å²) in [7, 11) is 0. The fourth-order valence-electron chi connectivity index (χ4n) is 5.19. The van der Waals surface area contributed by atoms with E-state index < -0.39 is 0 Å². The van der Waals surface area contributed by atoms with Gasteiger partial charge in [0.2, 0.25) is 0 Å². The summed E-state index contributed by atoms with van der Waals surface area (Å²) in [5.41, 5.74) is 8.72. The highest BCUT2D eigenvalue weighted by atomic mass is 32.1. The van der Waals surface area contributed by atoms with Gasteiger partial charge in [-0.15, -0.1) is 11.3 Å². The van der Waals surface area contributed by atoms with Crippen LogP contribution in [0, 0.1) is 0 Å². The van der Waals surface area contributed by atoms with E-state index >= 15 is 0 Å². The summed E-state index contributed by atoms with van der Waals surface area (Å²) < 4.78 is 0. The van der Waals surface area contributed by atoms with Crippen LogP contribution >= 0.6 is 11.3 Å². The zero-order valence-electron chi connectivity index (χ0n) is 18.0. The zero-order valence-corrected chi connectivity index (χ0v) is 18.8. The van der Waals surface area contributed by atoms with Crippen LogP contribution in [0.4, 0.5) is 0 Å². The zero-order chi connectivity index (χ0) is 21.8. The summed E-state index contributed by atoms with van der Waals surface area (Å²) >= 11 is 1.83. The number of aryl methyl sites for hydroxylation is 2. The van der Waals surface area contributed by atoms with E-state index in [4.69, 9.17) is 9.97 Å². The predicted molar refractivity (Wildman–Crippen MR) is 139 cm³/mol. The van der Waals surface area contributed by atoms with Gasteiger partial charge in [-0.2, -0.15) is 0 Å². The van der Waals surface area contributed by atoms with Crippen molar-refractivity contribution in [3.05, 3.63) is 108 Å². The van der Waals surface area contributed by atoms with Crippen LogP contribution in [0.3, 0.4) is 0 Å². The first-order valence-electron chi connectivity index (χ1n) is 11.3. The summed E-state index contributed by atoms with van der Waals surface area (Å²) in [6.07, 6.45) is 3.88. The van der Waals surface area contributed by atoms with E-state index in [1.54, 1.807) is 6.33 Å². The molecular weight excluding hydrogens is 420 g/mol. The predicted octanol–water partition coefficient (Wildman–Crippen LogP) is 7.94. The van der Waals surface area contributed by atoms with Crippen LogP contribution in [0.15, 0.2) is 97.3 Å². The fraction of sp³-hybridized carbons (Fsp3) is 0.0667. The van der Waals surface area contributed by atoms with E-state index in [-0.39, 0.29) is 0 Å². The van der Waals surface area contributed by atoms with Crippen LogP contribution in [0.5, 0.6) is 0 Å². The number of thiophene rings is 1. The van der Waals surface area contributed by atoms with Gasteiger partial charge >= 0.3 is 0 Å². The lowest BCUT2D eigenvalue weighted by Gasteiger charge is -2.17. The second kappa shape index (κ2) is 7.36. The molecule has 2 heterocycles. The maximum atomic E-state index is 4.87. The molecule has 0 radical (unpaired) electrons. The molecule has 0 saturated carbocycles. The summed E-state index contributed by atoms with van der Waals surface area (Å²) in [6, 6.07) is 32.7. The molecule has 0 amide bonds. The van der Waals surface area contributed by atoms with Crippen molar-refractivity contribution in [1.29, 1.82) is 0 Å². The molecule has 3 heteroatoms. The number of rotatable bonds is 2. The van der Waals surface area contributed by atoms with Gasteiger partial charge in [0.05, 0.1) is 5.69 Å². The van der Waals surface area contributed by atoms with Crippen molar-refractivity contribution >= 4 is 32.3 Å². The van der Waals surface area contributed by atoms with Crippen LogP contribution in [-0.2, 0) is 12.8 Å². The molecule has 1 aliphatic carbocycles. The van der Waals surface area contributed by atoms with E-state index in [2.05, 4.69) is 91.0 Å². The second-order valence-corrected chi connectivity index (χ2v) is 9.65. The minimum atomic E-state index is 1.03. The van der Waals surface area contributed by atoms with Crippen LogP contribution < -0.4 is 0 Å². The fourth-order valence-corrected chi connectivity index (χ4v) is 6.35. The molecule has 0 bridgehead atoms. The van der Waals surface area contributed by atoms with E-state index in [0.29, 0.717) is 0 Å². The van der Waals surface area contributed by atoms with Crippen molar-refractivity contribution in [2.75, 3.05) is 0 Å². The third-order valence-corrected chi connectivity index (χ3v) is 7.85.